The van der Waals surface area contributed by atoms with Crippen molar-refractivity contribution in [1.82, 2.24) is 19.9 Å². The van der Waals surface area contributed by atoms with E-state index in [1.807, 2.05) is 0 Å². The largest absolute Gasteiger partial charge is 0.481 e. The van der Waals surface area contributed by atoms with Crippen LogP contribution in [0.5, 0.6) is 11.8 Å². The molecule has 0 aliphatic heterocycles. The predicted molar refractivity (Wildman–Crippen MR) is 74.7 cm³/mol. The van der Waals surface area contributed by atoms with Gasteiger partial charge in [0.15, 0.2) is 0 Å². The molecule has 21 heavy (non-hydrogen) atoms. The minimum absolute atomic E-state index is 0.0516. The van der Waals surface area contributed by atoms with Crippen molar-refractivity contribution in [2.75, 3.05) is 31.9 Å². The normalized spacial score (nSPS) is 9.86. The molecule has 0 spiro atoms. The van der Waals surface area contributed by atoms with Gasteiger partial charge in [-0.2, -0.15) is 9.97 Å². The van der Waals surface area contributed by atoms with Crippen molar-refractivity contribution in [3.05, 3.63) is 24.2 Å². The van der Waals surface area contributed by atoms with E-state index in [0.717, 1.165) is 0 Å². The van der Waals surface area contributed by atoms with Gasteiger partial charge in [0.05, 0.1) is 32.7 Å². The lowest BCUT2D eigenvalue weighted by Crippen LogP contribution is -2.16. The SMILES string of the molecule is CNc1cnc(C(=O)Nc2nc(OC)cc(OC)n2)cn1. The second kappa shape index (κ2) is 6.46. The molecular weight excluding hydrogens is 276 g/mol. The Hall–Kier alpha value is -2.97. The van der Waals surface area contributed by atoms with E-state index in [-0.39, 0.29) is 23.4 Å². The van der Waals surface area contributed by atoms with Gasteiger partial charge in [-0.05, 0) is 0 Å². The molecule has 0 saturated heterocycles. The van der Waals surface area contributed by atoms with E-state index in [2.05, 4.69) is 30.6 Å². The molecule has 9 nitrogen and oxygen atoms in total. The van der Waals surface area contributed by atoms with Gasteiger partial charge in [0, 0.05) is 7.05 Å². The number of ether oxygens (including phenoxy) is 2. The fraction of sp³-hybridized carbons (Fsp3) is 0.250. The van der Waals surface area contributed by atoms with Gasteiger partial charge in [0.2, 0.25) is 17.7 Å². The maximum atomic E-state index is 12.0. The van der Waals surface area contributed by atoms with Crippen molar-refractivity contribution < 1.29 is 14.3 Å². The number of nitrogens with one attached hydrogen (secondary N) is 2. The first kappa shape index (κ1) is 14.4. The third kappa shape index (κ3) is 3.53. The zero-order valence-corrected chi connectivity index (χ0v) is 11.7. The molecule has 0 fully saturated rings. The Balaban J connectivity index is 2.18. The lowest BCUT2D eigenvalue weighted by atomic mass is 10.4. The summed E-state index contributed by atoms with van der Waals surface area (Å²) in [5.41, 5.74) is 0.138. The molecule has 1 amide bonds. The Labute approximate surface area is 120 Å². The van der Waals surface area contributed by atoms with Crippen molar-refractivity contribution in [2.45, 2.75) is 0 Å². The average Bonchev–Trinajstić information content (AvgIpc) is 2.54. The average molecular weight is 290 g/mol. The van der Waals surface area contributed by atoms with Crippen molar-refractivity contribution >= 4 is 17.7 Å². The molecule has 2 aromatic heterocycles. The number of anilines is 2. The second-order valence-electron chi connectivity index (χ2n) is 3.77. The number of rotatable bonds is 5. The quantitative estimate of drug-likeness (QED) is 0.822. The highest BCUT2D eigenvalue weighted by Gasteiger charge is 2.12. The highest BCUT2D eigenvalue weighted by atomic mass is 16.5. The van der Waals surface area contributed by atoms with Gasteiger partial charge in [-0.25, -0.2) is 9.97 Å². The zero-order valence-electron chi connectivity index (χ0n) is 11.7. The van der Waals surface area contributed by atoms with Gasteiger partial charge < -0.3 is 14.8 Å². The molecule has 0 atom stereocenters. The highest BCUT2D eigenvalue weighted by Crippen LogP contribution is 2.17. The number of carbonyl (C=O) groups excluding carboxylic acids is 1. The number of methoxy groups -OCH3 is 2. The Kier molecular flexibility index (Phi) is 4.44. The van der Waals surface area contributed by atoms with Crippen LogP contribution < -0.4 is 20.1 Å². The number of nitrogens with zero attached hydrogens (tertiary/aromatic N) is 4. The summed E-state index contributed by atoms with van der Waals surface area (Å²) >= 11 is 0. The van der Waals surface area contributed by atoms with E-state index in [1.54, 1.807) is 7.05 Å². The minimum Gasteiger partial charge on any atom is -0.481 e. The van der Waals surface area contributed by atoms with Gasteiger partial charge in [-0.1, -0.05) is 0 Å². The topological polar surface area (TPSA) is 111 Å². The Morgan fingerprint density at radius 3 is 2.24 bits per heavy atom. The summed E-state index contributed by atoms with van der Waals surface area (Å²) in [5.74, 6) is 0.671. The van der Waals surface area contributed by atoms with Crippen LogP contribution in [0.3, 0.4) is 0 Å². The van der Waals surface area contributed by atoms with Crippen LogP contribution in [0.25, 0.3) is 0 Å². The smallest absolute Gasteiger partial charge is 0.278 e. The van der Waals surface area contributed by atoms with Gasteiger partial charge in [0.25, 0.3) is 5.91 Å². The molecule has 0 unspecified atom stereocenters. The lowest BCUT2D eigenvalue weighted by Gasteiger charge is -2.07. The third-order valence-corrected chi connectivity index (χ3v) is 2.46. The Morgan fingerprint density at radius 1 is 1.10 bits per heavy atom. The number of carbonyl (C=O) groups is 1. The van der Waals surface area contributed by atoms with Crippen LogP contribution >= 0.6 is 0 Å². The standard InChI is InChI=1S/C12H14N6O3/c1-13-8-6-14-7(5-15-8)11(19)18-12-16-9(20-2)4-10(17-12)21-3/h4-6H,1-3H3,(H,13,15)(H,16,17,18,19). The summed E-state index contributed by atoms with van der Waals surface area (Å²) in [6, 6.07) is 1.50. The first-order valence-electron chi connectivity index (χ1n) is 5.94. The van der Waals surface area contributed by atoms with Crippen LogP contribution in [0.4, 0.5) is 11.8 Å². The Morgan fingerprint density at radius 2 is 1.76 bits per heavy atom. The molecule has 0 radical (unpaired) electrons. The molecule has 0 bridgehead atoms. The molecule has 2 aromatic rings. The van der Waals surface area contributed by atoms with Gasteiger partial charge in [-0.3, -0.25) is 10.1 Å². The van der Waals surface area contributed by atoms with E-state index < -0.39 is 5.91 Å². The maximum absolute atomic E-state index is 12.0. The summed E-state index contributed by atoms with van der Waals surface area (Å²) in [6.07, 6.45) is 2.79. The molecular formula is C12H14N6O3. The molecule has 2 heterocycles. The summed E-state index contributed by atoms with van der Waals surface area (Å²) in [5, 5.41) is 5.31. The molecule has 0 saturated carbocycles. The van der Waals surface area contributed by atoms with Crippen molar-refractivity contribution in [3.8, 4) is 11.8 Å². The van der Waals surface area contributed by atoms with Gasteiger partial charge in [-0.15, -0.1) is 0 Å². The number of amides is 1. The summed E-state index contributed by atoms with van der Waals surface area (Å²) < 4.78 is 9.99. The van der Waals surface area contributed by atoms with Crippen LogP contribution in [0.2, 0.25) is 0 Å². The third-order valence-electron chi connectivity index (χ3n) is 2.46. The van der Waals surface area contributed by atoms with Gasteiger partial charge >= 0.3 is 0 Å². The fourth-order valence-electron chi connectivity index (χ4n) is 1.41. The van der Waals surface area contributed by atoms with Crippen molar-refractivity contribution in [1.29, 1.82) is 0 Å². The van der Waals surface area contributed by atoms with E-state index in [0.29, 0.717) is 5.82 Å². The first-order chi connectivity index (χ1) is 10.2. The Bertz CT molecular complexity index is 609. The molecule has 0 aliphatic rings. The van der Waals surface area contributed by atoms with E-state index >= 15 is 0 Å². The van der Waals surface area contributed by atoms with Crippen LogP contribution in [0, 0.1) is 0 Å². The predicted octanol–water partition coefficient (Wildman–Crippen LogP) is 0.578. The zero-order chi connectivity index (χ0) is 15.2. The first-order valence-corrected chi connectivity index (χ1v) is 5.94. The van der Waals surface area contributed by atoms with E-state index in [1.165, 1.54) is 32.7 Å². The van der Waals surface area contributed by atoms with Crippen LogP contribution in [-0.4, -0.2) is 47.1 Å². The van der Waals surface area contributed by atoms with Gasteiger partial charge in [0.1, 0.15) is 11.5 Å². The minimum atomic E-state index is -0.486. The molecule has 2 N–H and O–H groups in total. The lowest BCUT2D eigenvalue weighted by molar-refractivity contribution is 0.102. The summed E-state index contributed by atoms with van der Waals surface area (Å²) in [4.78, 5) is 28.0. The number of aromatic nitrogens is 4. The highest BCUT2D eigenvalue weighted by molar-refractivity contribution is 6.01. The van der Waals surface area contributed by atoms with E-state index in [9.17, 15) is 4.79 Å². The number of hydrogen-bond acceptors (Lipinski definition) is 8. The molecule has 2 rings (SSSR count). The monoisotopic (exact) mass is 290 g/mol. The van der Waals surface area contributed by atoms with Crippen molar-refractivity contribution in [2.24, 2.45) is 0 Å². The molecule has 0 aromatic carbocycles. The molecule has 9 heteroatoms. The van der Waals surface area contributed by atoms with Crippen LogP contribution in [0.15, 0.2) is 18.5 Å². The molecule has 0 aliphatic carbocycles. The van der Waals surface area contributed by atoms with E-state index in [4.69, 9.17) is 9.47 Å². The fourth-order valence-corrected chi connectivity index (χ4v) is 1.41. The maximum Gasteiger partial charge on any atom is 0.278 e. The second-order valence-corrected chi connectivity index (χ2v) is 3.77. The summed E-state index contributed by atoms with van der Waals surface area (Å²) in [6.45, 7) is 0. The summed E-state index contributed by atoms with van der Waals surface area (Å²) in [7, 11) is 4.62. The van der Waals surface area contributed by atoms with Crippen molar-refractivity contribution in [3.63, 3.8) is 0 Å². The molecule has 110 valence electrons. The number of hydrogen-bond donors (Lipinski definition) is 2. The van der Waals surface area contributed by atoms with Crippen LogP contribution in [-0.2, 0) is 0 Å². The van der Waals surface area contributed by atoms with Crippen LogP contribution in [0.1, 0.15) is 10.5 Å².